The maximum absolute atomic E-state index is 12.3. The molecule has 0 saturated carbocycles. The molecule has 0 aliphatic heterocycles. The van der Waals surface area contributed by atoms with Gasteiger partial charge < -0.3 is 19.5 Å². The van der Waals surface area contributed by atoms with E-state index < -0.39 is 40.9 Å². The number of benzene rings is 2. The molecule has 0 aromatic heterocycles. The number of carbonyl (C=O) groups is 2. The first-order valence-electron chi connectivity index (χ1n) is 10.4. The molecule has 2 amide bonds. The highest BCUT2D eigenvalue weighted by Gasteiger charge is 2.38. The van der Waals surface area contributed by atoms with Gasteiger partial charge in [-0.05, 0) is 48.7 Å². The van der Waals surface area contributed by atoms with E-state index in [1.54, 1.807) is 0 Å². The van der Waals surface area contributed by atoms with Crippen LogP contribution >= 0.6 is 0 Å². The molecule has 2 atom stereocenters. The number of hydrogen-bond acceptors (Lipinski definition) is 4. The second-order valence-electron chi connectivity index (χ2n) is 8.25. The van der Waals surface area contributed by atoms with Crippen LogP contribution in [0.5, 0.6) is 0 Å². The van der Waals surface area contributed by atoms with Crippen molar-refractivity contribution >= 4 is 38.8 Å². The van der Waals surface area contributed by atoms with E-state index >= 15 is 0 Å². The topological polar surface area (TPSA) is 76.7 Å². The molecule has 6 nitrogen and oxygen atoms in total. The van der Waals surface area contributed by atoms with Gasteiger partial charge in [-0.1, -0.05) is 73.8 Å². The van der Waals surface area contributed by atoms with E-state index in [0.29, 0.717) is 0 Å². The highest BCUT2D eigenvalue weighted by molar-refractivity contribution is 6.85. The fraction of sp³-hybridized carbons (Fsp3) is 0.250. The third-order valence-electron chi connectivity index (χ3n) is 5.00. The monoisotopic (exact) mass is 468 g/mol. The van der Waals surface area contributed by atoms with Gasteiger partial charge in [-0.2, -0.15) is 0 Å². The van der Waals surface area contributed by atoms with Crippen LogP contribution in [0.4, 0.5) is 0 Å². The SMILES string of the molecule is C=CC(=O)NC(O[Si](C)(C)c1ccccc1)C(NC(=O)C=C)O[Si](C)(C)c1ccccc1. The van der Waals surface area contributed by atoms with Gasteiger partial charge in [-0.3, -0.25) is 9.59 Å². The molecule has 8 heteroatoms. The smallest absolute Gasteiger partial charge is 0.245 e. The molecule has 0 heterocycles. The van der Waals surface area contributed by atoms with Crippen LogP contribution < -0.4 is 21.0 Å². The third kappa shape index (κ3) is 7.13. The lowest BCUT2D eigenvalue weighted by Gasteiger charge is -2.38. The molecule has 170 valence electrons. The Kier molecular flexibility index (Phi) is 8.91. The Bertz CT molecular complexity index is 856. The number of nitrogens with one attached hydrogen (secondary N) is 2. The predicted octanol–water partition coefficient (Wildman–Crippen LogP) is 2.50. The van der Waals surface area contributed by atoms with Crippen LogP contribution in [-0.4, -0.2) is 40.9 Å². The number of hydrogen-bond donors (Lipinski definition) is 2. The fourth-order valence-corrected chi connectivity index (χ4v) is 7.08. The zero-order valence-electron chi connectivity index (χ0n) is 19.1. The molecular weight excluding hydrogens is 436 g/mol. The molecule has 2 unspecified atom stereocenters. The Morgan fingerprint density at radius 1 is 0.719 bits per heavy atom. The van der Waals surface area contributed by atoms with Crippen molar-refractivity contribution in [3.05, 3.63) is 86.0 Å². The third-order valence-corrected chi connectivity index (χ3v) is 10.1. The van der Waals surface area contributed by atoms with Gasteiger partial charge in [0.15, 0.2) is 12.5 Å². The summed E-state index contributed by atoms with van der Waals surface area (Å²) in [7, 11) is -4.98. The van der Waals surface area contributed by atoms with Crippen molar-refractivity contribution in [2.75, 3.05) is 0 Å². The van der Waals surface area contributed by atoms with Gasteiger partial charge in [0.1, 0.15) is 0 Å². The molecule has 0 radical (unpaired) electrons. The molecule has 0 fully saturated rings. The minimum atomic E-state index is -2.49. The summed E-state index contributed by atoms with van der Waals surface area (Å²) < 4.78 is 13.0. The van der Waals surface area contributed by atoms with Crippen LogP contribution in [0.3, 0.4) is 0 Å². The van der Waals surface area contributed by atoms with Gasteiger partial charge in [0, 0.05) is 0 Å². The Labute approximate surface area is 192 Å². The van der Waals surface area contributed by atoms with Crippen molar-refractivity contribution in [3.63, 3.8) is 0 Å². The number of amides is 2. The quantitative estimate of drug-likeness (QED) is 0.302. The van der Waals surface area contributed by atoms with Gasteiger partial charge in [0.25, 0.3) is 0 Å². The average molecular weight is 469 g/mol. The summed E-state index contributed by atoms with van der Waals surface area (Å²) in [5.74, 6) is -0.845. The van der Waals surface area contributed by atoms with E-state index in [2.05, 4.69) is 23.8 Å². The fourth-order valence-electron chi connectivity index (χ4n) is 3.18. The van der Waals surface area contributed by atoms with E-state index in [9.17, 15) is 9.59 Å². The van der Waals surface area contributed by atoms with Gasteiger partial charge in [-0.15, -0.1) is 0 Å². The summed E-state index contributed by atoms with van der Waals surface area (Å²) in [5, 5.41) is 7.69. The second kappa shape index (κ2) is 11.2. The lowest BCUT2D eigenvalue weighted by atomic mass is 10.4. The van der Waals surface area contributed by atoms with Crippen LogP contribution in [0, 0.1) is 0 Å². The van der Waals surface area contributed by atoms with Crippen LogP contribution in [0.25, 0.3) is 0 Å². The second-order valence-corrected chi connectivity index (χ2v) is 15.9. The Morgan fingerprint density at radius 3 is 1.31 bits per heavy atom. The van der Waals surface area contributed by atoms with Crippen molar-refractivity contribution < 1.29 is 18.4 Å². The Balaban J connectivity index is 2.42. The minimum absolute atomic E-state index is 0.423. The molecule has 32 heavy (non-hydrogen) atoms. The number of rotatable bonds is 11. The van der Waals surface area contributed by atoms with Crippen LogP contribution in [0.15, 0.2) is 86.0 Å². The highest BCUT2D eigenvalue weighted by Crippen LogP contribution is 2.16. The normalized spacial score (nSPS) is 13.5. The van der Waals surface area contributed by atoms with E-state index in [-0.39, 0.29) is 0 Å². The van der Waals surface area contributed by atoms with Crippen molar-refractivity contribution in [2.45, 2.75) is 38.6 Å². The molecule has 0 aliphatic rings. The Hall–Kier alpha value is -2.79. The predicted molar refractivity (Wildman–Crippen MR) is 134 cm³/mol. The number of carbonyl (C=O) groups excluding carboxylic acids is 2. The lowest BCUT2D eigenvalue weighted by molar-refractivity contribution is -0.126. The maximum atomic E-state index is 12.3. The Morgan fingerprint density at radius 2 is 1.03 bits per heavy atom. The van der Waals surface area contributed by atoms with Crippen LogP contribution in [-0.2, 0) is 18.4 Å². The van der Waals surface area contributed by atoms with E-state index in [1.807, 2.05) is 86.9 Å². The molecule has 0 spiro atoms. The summed E-state index contributed by atoms with van der Waals surface area (Å²) in [5.41, 5.74) is 0. The average Bonchev–Trinajstić information content (AvgIpc) is 2.78. The first kappa shape index (κ1) is 25.5. The first-order chi connectivity index (χ1) is 15.1. The molecule has 2 N–H and O–H groups in total. The highest BCUT2D eigenvalue weighted by atomic mass is 28.4. The lowest BCUT2D eigenvalue weighted by Crippen LogP contribution is -2.63. The summed E-state index contributed by atoms with van der Waals surface area (Å²) >= 11 is 0. The minimum Gasteiger partial charge on any atom is -0.390 e. The zero-order chi connectivity index (χ0) is 23.8. The van der Waals surface area contributed by atoms with Crippen molar-refractivity contribution in [1.29, 1.82) is 0 Å². The summed E-state index contributed by atoms with van der Waals surface area (Å²) in [6, 6.07) is 19.7. The van der Waals surface area contributed by atoms with E-state index in [1.165, 1.54) is 12.2 Å². The standard InChI is InChI=1S/C24H32N2O4Si2/c1-7-21(27)25-23(29-31(3,4)19-15-11-9-12-16-19)24(26-22(28)8-2)30-32(5,6)20-17-13-10-14-18-20/h7-18,23-24H,1-2H2,3-6H3,(H,25,27)(H,26,28). The van der Waals surface area contributed by atoms with E-state index in [0.717, 1.165) is 10.4 Å². The molecule has 0 saturated heterocycles. The molecule has 2 aromatic rings. The van der Waals surface area contributed by atoms with Crippen molar-refractivity contribution in [3.8, 4) is 0 Å². The summed E-state index contributed by atoms with van der Waals surface area (Å²) in [6.45, 7) is 15.2. The molecule has 0 aliphatic carbocycles. The van der Waals surface area contributed by atoms with Crippen molar-refractivity contribution in [2.24, 2.45) is 0 Å². The molecule has 0 bridgehead atoms. The summed E-state index contributed by atoms with van der Waals surface area (Å²) in [4.78, 5) is 24.5. The van der Waals surface area contributed by atoms with Gasteiger partial charge in [0.05, 0.1) is 0 Å². The largest absolute Gasteiger partial charge is 0.390 e. The first-order valence-corrected chi connectivity index (χ1v) is 16.2. The molecule has 2 aromatic carbocycles. The van der Waals surface area contributed by atoms with E-state index in [4.69, 9.17) is 8.85 Å². The van der Waals surface area contributed by atoms with Crippen LogP contribution in [0.2, 0.25) is 26.2 Å². The molecule has 2 rings (SSSR count). The maximum Gasteiger partial charge on any atom is 0.245 e. The van der Waals surface area contributed by atoms with Crippen molar-refractivity contribution in [1.82, 2.24) is 10.6 Å². The van der Waals surface area contributed by atoms with Gasteiger partial charge in [-0.25, -0.2) is 0 Å². The summed E-state index contributed by atoms with van der Waals surface area (Å²) in [6.07, 6.45) is 0.475. The van der Waals surface area contributed by atoms with Gasteiger partial charge in [0.2, 0.25) is 28.4 Å². The van der Waals surface area contributed by atoms with Crippen LogP contribution in [0.1, 0.15) is 0 Å². The zero-order valence-corrected chi connectivity index (χ0v) is 21.1. The molecular formula is C24H32N2O4Si2. The van der Waals surface area contributed by atoms with Gasteiger partial charge >= 0.3 is 0 Å².